The Bertz CT molecular complexity index is 1300. The van der Waals surface area contributed by atoms with Gasteiger partial charge in [-0.2, -0.15) is 10.5 Å². The Balaban J connectivity index is 1.57. The predicted molar refractivity (Wildman–Crippen MR) is 138 cm³/mol. The second kappa shape index (κ2) is 10.0. The molecule has 4 rings (SSSR count). The zero-order valence-electron chi connectivity index (χ0n) is 19.6. The molecule has 6 heteroatoms. The van der Waals surface area contributed by atoms with Gasteiger partial charge in [-0.15, -0.1) is 11.3 Å². The molecule has 0 saturated carbocycles. The van der Waals surface area contributed by atoms with E-state index in [-0.39, 0.29) is 5.41 Å². The monoisotopic (exact) mass is 487 g/mol. The second-order valence-electron chi connectivity index (χ2n) is 9.64. The van der Waals surface area contributed by atoms with E-state index in [1.807, 2.05) is 24.3 Å². The Hall–Kier alpha value is -3.12. The molecule has 34 heavy (non-hydrogen) atoms. The number of thiophene rings is 1. The molecule has 0 fully saturated rings. The molecule has 3 aromatic rings. The van der Waals surface area contributed by atoms with Crippen LogP contribution in [0.5, 0.6) is 5.75 Å². The molecule has 0 amide bonds. The van der Waals surface area contributed by atoms with Gasteiger partial charge in [0.05, 0.1) is 17.2 Å². The molecule has 1 aliphatic rings. The van der Waals surface area contributed by atoms with Crippen molar-refractivity contribution in [3.63, 3.8) is 0 Å². The van der Waals surface area contributed by atoms with E-state index >= 15 is 0 Å². The minimum Gasteiger partial charge on any atom is -0.488 e. The molecule has 0 spiro atoms. The molecule has 2 aromatic carbocycles. The van der Waals surface area contributed by atoms with Crippen molar-refractivity contribution >= 4 is 34.2 Å². The number of fused-ring (bicyclic) bond motifs is 1. The minimum atomic E-state index is 0.250. The second-order valence-corrected chi connectivity index (χ2v) is 11.2. The van der Waals surface area contributed by atoms with Crippen molar-refractivity contribution in [1.82, 2.24) is 0 Å². The lowest BCUT2D eigenvalue weighted by Gasteiger charge is -2.33. The maximum Gasteiger partial charge on any atom is 0.134 e. The summed E-state index contributed by atoms with van der Waals surface area (Å²) in [5.41, 5.74) is 4.45. The van der Waals surface area contributed by atoms with E-state index < -0.39 is 0 Å². The summed E-state index contributed by atoms with van der Waals surface area (Å²) >= 11 is 7.88. The van der Waals surface area contributed by atoms with Crippen molar-refractivity contribution in [3.05, 3.63) is 80.2 Å². The lowest BCUT2D eigenvalue weighted by molar-refractivity contribution is 0.218. The summed E-state index contributed by atoms with van der Waals surface area (Å²) in [6.07, 6.45) is 4.78. The van der Waals surface area contributed by atoms with Crippen LogP contribution in [0, 0.1) is 34.0 Å². The normalized spacial score (nSPS) is 15.5. The average Bonchev–Trinajstić information content (AvgIpc) is 3.18. The molecule has 1 heterocycles. The van der Waals surface area contributed by atoms with Gasteiger partial charge in [-0.05, 0) is 72.1 Å². The van der Waals surface area contributed by atoms with Crippen LogP contribution in [0.2, 0.25) is 5.02 Å². The number of halogens is 1. The SMILES string of the molecule is CC(C)(C)[C@H]1CCc2c(sc(N=Cc3cc(Cl)ccc3OCc3ccc(C#N)cc3)c2C#N)C1. The first-order chi connectivity index (χ1) is 16.3. The maximum absolute atomic E-state index is 9.85. The Morgan fingerprint density at radius 1 is 1.15 bits per heavy atom. The largest absolute Gasteiger partial charge is 0.488 e. The molecule has 172 valence electrons. The van der Waals surface area contributed by atoms with Gasteiger partial charge >= 0.3 is 0 Å². The first-order valence-electron chi connectivity index (χ1n) is 11.3. The van der Waals surface area contributed by atoms with Crippen molar-refractivity contribution in [3.8, 4) is 17.9 Å². The van der Waals surface area contributed by atoms with E-state index in [2.05, 4.69) is 32.9 Å². The highest BCUT2D eigenvalue weighted by Gasteiger charge is 2.32. The van der Waals surface area contributed by atoms with Gasteiger partial charge in [0, 0.05) is 21.7 Å². The van der Waals surface area contributed by atoms with E-state index in [9.17, 15) is 5.26 Å². The van der Waals surface area contributed by atoms with Crippen LogP contribution < -0.4 is 4.74 Å². The lowest BCUT2D eigenvalue weighted by atomic mass is 9.72. The number of nitrogens with zero attached hydrogens (tertiary/aromatic N) is 3. The number of benzene rings is 2. The smallest absolute Gasteiger partial charge is 0.134 e. The third-order valence-corrected chi connectivity index (χ3v) is 7.75. The average molecular weight is 488 g/mol. The van der Waals surface area contributed by atoms with Crippen LogP contribution in [0.25, 0.3) is 0 Å². The summed E-state index contributed by atoms with van der Waals surface area (Å²) in [6.45, 7) is 7.23. The summed E-state index contributed by atoms with van der Waals surface area (Å²) in [4.78, 5) is 6.01. The van der Waals surface area contributed by atoms with Gasteiger partial charge in [0.15, 0.2) is 0 Å². The van der Waals surface area contributed by atoms with Crippen LogP contribution in [0.3, 0.4) is 0 Å². The molecule has 0 unspecified atom stereocenters. The number of hydrogen-bond donors (Lipinski definition) is 0. The number of nitriles is 2. The summed E-state index contributed by atoms with van der Waals surface area (Å²) in [5.74, 6) is 1.27. The Labute approximate surface area is 210 Å². The fraction of sp³-hybridized carbons (Fsp3) is 0.321. The summed E-state index contributed by atoms with van der Waals surface area (Å²) < 4.78 is 6.04. The highest BCUT2D eigenvalue weighted by Crippen LogP contribution is 2.45. The molecule has 4 nitrogen and oxygen atoms in total. The van der Waals surface area contributed by atoms with Crippen LogP contribution >= 0.6 is 22.9 Å². The van der Waals surface area contributed by atoms with Gasteiger partial charge in [-0.3, -0.25) is 0 Å². The van der Waals surface area contributed by atoms with Gasteiger partial charge < -0.3 is 4.74 Å². The van der Waals surface area contributed by atoms with Crippen molar-refractivity contribution in [1.29, 1.82) is 10.5 Å². The number of aliphatic imine (C=N–C) groups is 1. The zero-order chi connectivity index (χ0) is 24.3. The molecule has 1 atom stereocenters. The van der Waals surface area contributed by atoms with Crippen molar-refractivity contribution in [2.24, 2.45) is 16.3 Å². The summed E-state index contributed by atoms with van der Waals surface area (Å²) in [6, 6.07) is 17.2. The molecule has 1 aromatic heterocycles. The van der Waals surface area contributed by atoms with Gasteiger partial charge in [0.25, 0.3) is 0 Å². The molecule has 0 N–H and O–H groups in total. The third kappa shape index (κ3) is 5.33. The van der Waals surface area contributed by atoms with E-state index in [4.69, 9.17) is 26.6 Å². The first-order valence-corrected chi connectivity index (χ1v) is 12.5. The molecular formula is C28H26ClN3OS. The van der Waals surface area contributed by atoms with Gasteiger partial charge in [-0.1, -0.05) is 44.5 Å². The Morgan fingerprint density at radius 3 is 2.59 bits per heavy atom. The highest BCUT2D eigenvalue weighted by atomic mass is 35.5. The highest BCUT2D eigenvalue weighted by molar-refractivity contribution is 7.16. The Kier molecular flexibility index (Phi) is 7.08. The molecule has 0 aliphatic heterocycles. The van der Waals surface area contributed by atoms with E-state index in [0.29, 0.717) is 34.4 Å². The lowest BCUT2D eigenvalue weighted by Crippen LogP contribution is -2.26. The first kappa shape index (κ1) is 24.0. The van der Waals surface area contributed by atoms with Crippen LogP contribution in [-0.2, 0) is 19.4 Å². The quantitative estimate of drug-likeness (QED) is 0.347. The molecule has 0 radical (unpaired) electrons. The molecular weight excluding hydrogens is 462 g/mol. The Morgan fingerprint density at radius 2 is 1.91 bits per heavy atom. The van der Waals surface area contributed by atoms with Crippen molar-refractivity contribution in [2.75, 3.05) is 0 Å². The number of hydrogen-bond acceptors (Lipinski definition) is 5. The van der Waals surface area contributed by atoms with Crippen molar-refractivity contribution < 1.29 is 4.74 Å². The standard InChI is InChI=1S/C28H26ClN3OS/c1-28(2,3)21-8-10-23-24(15-31)27(34-26(23)13-21)32-16-20-12-22(29)9-11-25(20)33-17-19-6-4-18(14-30)5-7-19/h4-7,9,11-12,16,21H,8,10,13,17H2,1-3H3/t21-/m0/s1. The van der Waals surface area contributed by atoms with Crippen LogP contribution in [0.4, 0.5) is 5.00 Å². The maximum atomic E-state index is 9.85. The van der Waals surface area contributed by atoms with Crippen molar-refractivity contribution in [2.45, 2.75) is 46.6 Å². The van der Waals surface area contributed by atoms with E-state index in [1.165, 1.54) is 10.4 Å². The molecule has 0 saturated heterocycles. The van der Waals surface area contributed by atoms with Crippen LogP contribution in [-0.4, -0.2) is 6.21 Å². The van der Waals surface area contributed by atoms with Crippen LogP contribution in [0.1, 0.15) is 59.9 Å². The number of ether oxygens (including phenoxy) is 1. The predicted octanol–water partition coefficient (Wildman–Crippen LogP) is 7.63. The summed E-state index contributed by atoms with van der Waals surface area (Å²) in [5, 5.41) is 20.2. The summed E-state index contributed by atoms with van der Waals surface area (Å²) in [7, 11) is 0. The van der Waals surface area contributed by atoms with Crippen LogP contribution in [0.15, 0.2) is 47.5 Å². The third-order valence-electron chi connectivity index (χ3n) is 6.35. The zero-order valence-corrected chi connectivity index (χ0v) is 21.1. The van der Waals surface area contributed by atoms with E-state index in [1.54, 1.807) is 35.8 Å². The fourth-order valence-electron chi connectivity index (χ4n) is 4.23. The molecule has 1 aliphatic carbocycles. The minimum absolute atomic E-state index is 0.250. The van der Waals surface area contributed by atoms with E-state index in [0.717, 1.165) is 35.4 Å². The van der Waals surface area contributed by atoms with Gasteiger partial charge in [-0.25, -0.2) is 4.99 Å². The fourth-order valence-corrected chi connectivity index (χ4v) is 5.64. The van der Waals surface area contributed by atoms with Gasteiger partial charge in [0.1, 0.15) is 23.4 Å². The number of rotatable bonds is 5. The molecule has 0 bridgehead atoms. The van der Waals surface area contributed by atoms with Gasteiger partial charge in [0.2, 0.25) is 0 Å². The topological polar surface area (TPSA) is 69.2 Å².